The molecule has 0 N–H and O–H groups in total. The lowest BCUT2D eigenvalue weighted by Gasteiger charge is -2.39. The lowest BCUT2D eigenvalue weighted by Crippen LogP contribution is -2.48. The van der Waals surface area contributed by atoms with Gasteiger partial charge in [-0.15, -0.1) is 0 Å². The largest absolute Gasteiger partial charge is 0.416 e. The molecule has 0 bridgehead atoms. The summed E-state index contributed by atoms with van der Waals surface area (Å²) in [5.74, 6) is 0. The average Bonchev–Trinajstić information content (AvgIpc) is 2.89. The van der Waals surface area contributed by atoms with E-state index in [1.807, 2.05) is 54.6 Å². The van der Waals surface area contributed by atoms with Crippen molar-refractivity contribution >= 4 is 11.6 Å². The second-order valence-corrected chi connectivity index (χ2v) is 10.1. The van der Waals surface area contributed by atoms with Gasteiger partial charge in [-0.25, -0.2) is 0 Å². The van der Waals surface area contributed by atoms with Crippen molar-refractivity contribution in [3.63, 3.8) is 0 Å². The highest BCUT2D eigenvalue weighted by Crippen LogP contribution is 2.37. The third kappa shape index (κ3) is 7.74. The predicted molar refractivity (Wildman–Crippen MR) is 137 cm³/mol. The zero-order chi connectivity index (χ0) is 27.3. The van der Waals surface area contributed by atoms with Gasteiger partial charge in [-0.3, -0.25) is 4.90 Å². The van der Waals surface area contributed by atoms with Crippen molar-refractivity contribution < 1.29 is 26.3 Å². The molecule has 1 aliphatic rings. The smallest absolute Gasteiger partial charge is 0.300 e. The number of halogens is 7. The van der Waals surface area contributed by atoms with E-state index in [1.54, 1.807) is 0 Å². The van der Waals surface area contributed by atoms with Crippen LogP contribution < -0.4 is 0 Å². The highest BCUT2D eigenvalue weighted by molar-refractivity contribution is 6.30. The summed E-state index contributed by atoms with van der Waals surface area (Å²) in [4.78, 5) is 4.65. The van der Waals surface area contributed by atoms with Crippen molar-refractivity contribution in [3.05, 3.63) is 106 Å². The van der Waals surface area contributed by atoms with E-state index >= 15 is 0 Å². The van der Waals surface area contributed by atoms with E-state index in [-0.39, 0.29) is 24.1 Å². The number of hydrogen-bond donors (Lipinski definition) is 0. The van der Waals surface area contributed by atoms with Gasteiger partial charge in [0.1, 0.15) is 0 Å². The van der Waals surface area contributed by atoms with Crippen molar-refractivity contribution in [2.75, 3.05) is 32.7 Å². The molecule has 2 nitrogen and oxygen atoms in total. The van der Waals surface area contributed by atoms with Crippen LogP contribution in [-0.2, 0) is 25.2 Å². The second kappa shape index (κ2) is 12.1. The van der Waals surface area contributed by atoms with Crippen molar-refractivity contribution in [1.82, 2.24) is 9.80 Å². The normalized spacial score (nSPS) is 16.5. The van der Waals surface area contributed by atoms with E-state index in [0.717, 1.165) is 56.8 Å². The minimum Gasteiger partial charge on any atom is -0.300 e. The van der Waals surface area contributed by atoms with Crippen molar-refractivity contribution in [2.45, 2.75) is 37.7 Å². The highest BCUT2D eigenvalue weighted by Gasteiger charge is 2.37. The molecule has 204 valence electrons. The zero-order valence-electron chi connectivity index (χ0n) is 20.7. The number of piperazine rings is 1. The molecule has 9 heteroatoms. The number of alkyl halides is 6. The molecule has 0 saturated carbocycles. The lowest BCUT2D eigenvalue weighted by molar-refractivity contribution is -0.143. The van der Waals surface area contributed by atoms with Crippen LogP contribution in [0.15, 0.2) is 72.8 Å². The zero-order valence-corrected chi connectivity index (χ0v) is 21.5. The molecule has 3 aromatic carbocycles. The molecular formula is C29H29ClF6N2. The predicted octanol–water partition coefficient (Wildman–Crippen LogP) is 7.91. The van der Waals surface area contributed by atoms with Crippen LogP contribution >= 0.6 is 11.6 Å². The molecule has 1 atom stereocenters. The maximum Gasteiger partial charge on any atom is 0.416 e. The molecule has 1 aliphatic heterocycles. The number of rotatable bonds is 8. The molecule has 0 amide bonds. The first-order chi connectivity index (χ1) is 18.0. The van der Waals surface area contributed by atoms with Gasteiger partial charge in [-0.05, 0) is 66.3 Å². The monoisotopic (exact) mass is 554 g/mol. The van der Waals surface area contributed by atoms with Gasteiger partial charge in [0.05, 0.1) is 11.1 Å². The molecule has 1 saturated heterocycles. The molecule has 4 rings (SSSR count). The summed E-state index contributed by atoms with van der Waals surface area (Å²) in [7, 11) is 0. The number of aryl methyl sites for hydroxylation is 1. The summed E-state index contributed by atoms with van der Waals surface area (Å²) in [5, 5.41) is 0.703. The average molecular weight is 555 g/mol. The molecule has 0 radical (unpaired) electrons. The summed E-state index contributed by atoms with van der Waals surface area (Å²) >= 11 is 5.96. The molecular weight excluding hydrogens is 526 g/mol. The Morgan fingerprint density at radius 1 is 0.684 bits per heavy atom. The van der Waals surface area contributed by atoms with E-state index in [1.165, 1.54) is 5.56 Å². The van der Waals surface area contributed by atoms with E-state index in [0.29, 0.717) is 11.4 Å². The van der Waals surface area contributed by atoms with Crippen molar-refractivity contribution in [3.8, 4) is 0 Å². The number of hydrogen-bond acceptors (Lipinski definition) is 2. The summed E-state index contributed by atoms with van der Waals surface area (Å²) < 4.78 is 80.0. The fourth-order valence-electron chi connectivity index (χ4n) is 4.94. The van der Waals surface area contributed by atoms with Crippen LogP contribution in [0.3, 0.4) is 0 Å². The lowest BCUT2D eigenvalue weighted by atomic mass is 9.95. The van der Waals surface area contributed by atoms with Gasteiger partial charge in [0.2, 0.25) is 0 Å². The Labute approximate surface area is 223 Å². The molecule has 0 aromatic heterocycles. The van der Waals surface area contributed by atoms with Crippen molar-refractivity contribution in [2.24, 2.45) is 0 Å². The van der Waals surface area contributed by atoms with Crippen LogP contribution in [0.25, 0.3) is 0 Å². The van der Waals surface area contributed by atoms with Crippen LogP contribution in [0.5, 0.6) is 0 Å². The summed E-state index contributed by atoms with van der Waals surface area (Å²) in [6.07, 6.45) is -8.29. The second-order valence-electron chi connectivity index (χ2n) is 9.63. The van der Waals surface area contributed by atoms with Gasteiger partial charge in [0, 0.05) is 43.8 Å². The first kappa shape index (κ1) is 28.5. The maximum absolute atomic E-state index is 13.3. The van der Waals surface area contributed by atoms with Gasteiger partial charge >= 0.3 is 12.4 Å². The van der Waals surface area contributed by atoms with E-state index in [9.17, 15) is 26.3 Å². The van der Waals surface area contributed by atoms with Gasteiger partial charge in [0.15, 0.2) is 0 Å². The minimum atomic E-state index is -4.85. The molecule has 1 heterocycles. The van der Waals surface area contributed by atoms with Crippen LogP contribution in [-0.4, -0.2) is 42.5 Å². The highest BCUT2D eigenvalue weighted by atomic mass is 35.5. The van der Waals surface area contributed by atoms with E-state index in [2.05, 4.69) is 9.80 Å². The van der Waals surface area contributed by atoms with Gasteiger partial charge in [0.25, 0.3) is 0 Å². The van der Waals surface area contributed by atoms with E-state index < -0.39 is 23.5 Å². The maximum atomic E-state index is 13.3. The van der Waals surface area contributed by atoms with Gasteiger partial charge in [-0.1, -0.05) is 54.1 Å². The number of benzene rings is 3. The Kier molecular flexibility index (Phi) is 9.06. The third-order valence-electron chi connectivity index (χ3n) is 7.02. The quantitative estimate of drug-likeness (QED) is 0.261. The van der Waals surface area contributed by atoms with Crippen LogP contribution in [0.4, 0.5) is 26.3 Å². The number of nitrogens with zero attached hydrogens (tertiary/aromatic N) is 2. The molecule has 3 aromatic rings. The van der Waals surface area contributed by atoms with Gasteiger partial charge in [-0.2, -0.15) is 26.3 Å². The fourth-order valence-corrected chi connectivity index (χ4v) is 5.07. The van der Waals surface area contributed by atoms with Crippen LogP contribution in [0.1, 0.15) is 40.3 Å². The standard InChI is InChI=1S/C29H29ClF6N2/c30-26-9-6-21(7-10-26)12-13-37-14-16-38(17-15-37)27(23-4-2-1-3-5-23)11-8-22-18-24(28(31,32)33)20-25(19-22)29(34,35)36/h1-7,9-10,18-20,27H,8,11-17H2. The third-order valence-corrected chi connectivity index (χ3v) is 7.27. The fraction of sp³-hybridized carbons (Fsp3) is 0.379. The molecule has 0 aliphatic carbocycles. The van der Waals surface area contributed by atoms with E-state index in [4.69, 9.17) is 11.6 Å². The van der Waals surface area contributed by atoms with Crippen LogP contribution in [0.2, 0.25) is 5.02 Å². The molecule has 1 fully saturated rings. The SMILES string of the molecule is FC(F)(F)c1cc(CCC(c2ccccc2)N2CCN(CCc3ccc(Cl)cc3)CC2)cc(C(F)(F)F)c1. The van der Waals surface area contributed by atoms with Gasteiger partial charge < -0.3 is 4.90 Å². The summed E-state index contributed by atoms with van der Waals surface area (Å²) in [6, 6.07) is 19.1. The topological polar surface area (TPSA) is 6.48 Å². The molecule has 1 unspecified atom stereocenters. The molecule has 38 heavy (non-hydrogen) atoms. The summed E-state index contributed by atoms with van der Waals surface area (Å²) in [6.45, 7) is 4.08. The molecule has 0 spiro atoms. The first-order valence-electron chi connectivity index (χ1n) is 12.5. The Bertz CT molecular complexity index is 1140. The Morgan fingerprint density at radius 2 is 1.26 bits per heavy atom. The first-order valence-corrected chi connectivity index (χ1v) is 12.9. The van der Waals surface area contributed by atoms with Crippen LogP contribution in [0, 0.1) is 0 Å². The Morgan fingerprint density at radius 3 is 1.82 bits per heavy atom. The Hall–Kier alpha value is -2.55. The van der Waals surface area contributed by atoms with Crippen molar-refractivity contribution in [1.29, 1.82) is 0 Å². The minimum absolute atomic E-state index is 0.0367. The Balaban J connectivity index is 1.44. The summed E-state index contributed by atoms with van der Waals surface area (Å²) in [5.41, 5.74) is -0.293.